The van der Waals surface area contributed by atoms with Gasteiger partial charge in [-0.1, -0.05) is 36.4 Å². The summed E-state index contributed by atoms with van der Waals surface area (Å²) in [5.74, 6) is 1.86. The number of halogens is 1. The summed E-state index contributed by atoms with van der Waals surface area (Å²) in [6.07, 6.45) is 0. The van der Waals surface area contributed by atoms with Crippen molar-refractivity contribution in [1.29, 1.82) is 0 Å². The smallest absolute Gasteiger partial charge is 0.255 e. The minimum absolute atomic E-state index is 0.0373. The van der Waals surface area contributed by atoms with Gasteiger partial charge in [-0.3, -0.25) is 4.79 Å². The molecule has 16 heavy (non-hydrogen) atoms. The number of carbonyl (C=O) groups is 1. The van der Waals surface area contributed by atoms with Crippen LogP contribution >= 0.6 is 22.6 Å². The molecule has 0 radical (unpaired) electrons. The summed E-state index contributed by atoms with van der Waals surface area (Å²) < 4.78 is 6.26. The lowest BCUT2D eigenvalue weighted by molar-refractivity contribution is 0.0930. The van der Waals surface area contributed by atoms with Crippen LogP contribution in [0.2, 0.25) is 0 Å². The molecule has 1 aromatic rings. The van der Waals surface area contributed by atoms with Crippen LogP contribution in [-0.2, 0) is 0 Å². The zero-order chi connectivity index (χ0) is 12.3. The molecule has 1 atom stereocenters. The summed E-state index contributed by atoms with van der Waals surface area (Å²) in [7, 11) is 0. The molecule has 4 heteroatoms. The summed E-state index contributed by atoms with van der Waals surface area (Å²) in [4.78, 5) is 12.0. The van der Waals surface area contributed by atoms with Gasteiger partial charge >= 0.3 is 0 Å². The molecule has 1 amide bonds. The van der Waals surface area contributed by atoms with Crippen molar-refractivity contribution in [2.75, 3.05) is 4.43 Å². The maximum Gasteiger partial charge on any atom is 0.255 e. The van der Waals surface area contributed by atoms with E-state index in [4.69, 9.17) is 4.42 Å². The largest absolute Gasteiger partial charge is 0.466 e. The molecule has 0 fully saturated rings. The standard InChI is InChI=1S/C12H18INO2/c1-7(2)11(6-13)14-12(15)10-5-8(3)16-9(10)4/h5,7,11H,6H2,1-4H3,(H,14,15). The lowest BCUT2D eigenvalue weighted by Gasteiger charge is -2.19. The monoisotopic (exact) mass is 335 g/mol. The molecule has 0 spiro atoms. The fourth-order valence-electron chi connectivity index (χ4n) is 1.49. The van der Waals surface area contributed by atoms with Crippen LogP contribution in [-0.4, -0.2) is 16.4 Å². The third kappa shape index (κ3) is 3.23. The Morgan fingerprint density at radius 3 is 2.50 bits per heavy atom. The molecule has 1 rings (SSSR count). The van der Waals surface area contributed by atoms with E-state index in [1.165, 1.54) is 0 Å². The van der Waals surface area contributed by atoms with Crippen molar-refractivity contribution in [3.8, 4) is 0 Å². The van der Waals surface area contributed by atoms with Crippen molar-refractivity contribution < 1.29 is 9.21 Å². The van der Waals surface area contributed by atoms with E-state index in [0.29, 0.717) is 17.2 Å². The van der Waals surface area contributed by atoms with Gasteiger partial charge in [0.05, 0.1) is 5.56 Å². The molecule has 0 bridgehead atoms. The molecule has 0 aliphatic rings. The molecule has 1 aromatic heterocycles. The Morgan fingerprint density at radius 2 is 2.12 bits per heavy atom. The average Bonchev–Trinajstić information content (AvgIpc) is 2.53. The number of rotatable bonds is 4. The van der Waals surface area contributed by atoms with Crippen LogP contribution in [0.15, 0.2) is 10.5 Å². The minimum Gasteiger partial charge on any atom is -0.466 e. The zero-order valence-corrected chi connectivity index (χ0v) is 12.3. The molecule has 0 aliphatic heterocycles. The molecular formula is C12H18INO2. The molecule has 90 valence electrons. The summed E-state index contributed by atoms with van der Waals surface area (Å²) in [6, 6.07) is 2.00. The van der Waals surface area contributed by atoms with Gasteiger partial charge in [-0.05, 0) is 25.8 Å². The van der Waals surface area contributed by atoms with Crippen molar-refractivity contribution in [3.05, 3.63) is 23.2 Å². The number of hydrogen-bond donors (Lipinski definition) is 1. The molecular weight excluding hydrogens is 317 g/mol. The fraction of sp³-hybridized carbons (Fsp3) is 0.583. The van der Waals surface area contributed by atoms with Crippen LogP contribution in [0, 0.1) is 19.8 Å². The highest BCUT2D eigenvalue weighted by atomic mass is 127. The minimum atomic E-state index is -0.0373. The fourth-order valence-corrected chi connectivity index (χ4v) is 2.72. The SMILES string of the molecule is Cc1cc(C(=O)NC(CI)C(C)C)c(C)o1. The number of nitrogens with one attached hydrogen (secondary N) is 1. The molecule has 0 saturated heterocycles. The Balaban J connectivity index is 2.75. The highest BCUT2D eigenvalue weighted by Crippen LogP contribution is 2.14. The van der Waals surface area contributed by atoms with Gasteiger partial charge in [-0.2, -0.15) is 0 Å². The van der Waals surface area contributed by atoms with Gasteiger partial charge in [0.2, 0.25) is 0 Å². The molecule has 0 aromatic carbocycles. The Hall–Kier alpha value is -0.520. The third-order valence-electron chi connectivity index (χ3n) is 2.57. The first kappa shape index (κ1) is 13.5. The Labute approximate surface area is 110 Å². The van der Waals surface area contributed by atoms with E-state index in [0.717, 1.165) is 10.2 Å². The summed E-state index contributed by atoms with van der Waals surface area (Å²) in [5, 5.41) is 3.03. The zero-order valence-electron chi connectivity index (χ0n) is 10.1. The van der Waals surface area contributed by atoms with Crippen molar-refractivity contribution in [3.63, 3.8) is 0 Å². The van der Waals surface area contributed by atoms with Gasteiger partial charge in [0, 0.05) is 10.5 Å². The average molecular weight is 335 g/mol. The van der Waals surface area contributed by atoms with Crippen LogP contribution < -0.4 is 5.32 Å². The number of amides is 1. The first-order chi connectivity index (χ1) is 7.45. The topological polar surface area (TPSA) is 42.2 Å². The van der Waals surface area contributed by atoms with Crippen molar-refractivity contribution in [2.24, 2.45) is 5.92 Å². The maximum absolute atomic E-state index is 12.0. The molecule has 1 N–H and O–H groups in total. The first-order valence-corrected chi connectivity index (χ1v) is 6.92. The van der Waals surface area contributed by atoms with Gasteiger partial charge < -0.3 is 9.73 Å². The lowest BCUT2D eigenvalue weighted by atomic mass is 10.1. The Bertz CT molecular complexity index is 371. The second-order valence-electron chi connectivity index (χ2n) is 4.31. The number of carbonyl (C=O) groups excluding carboxylic acids is 1. The van der Waals surface area contributed by atoms with E-state index in [1.54, 1.807) is 6.07 Å². The second-order valence-corrected chi connectivity index (χ2v) is 5.19. The van der Waals surface area contributed by atoms with E-state index in [1.807, 2.05) is 13.8 Å². The van der Waals surface area contributed by atoms with E-state index < -0.39 is 0 Å². The van der Waals surface area contributed by atoms with Crippen molar-refractivity contribution >= 4 is 28.5 Å². The van der Waals surface area contributed by atoms with Gasteiger partial charge in [0.15, 0.2) is 0 Å². The van der Waals surface area contributed by atoms with Gasteiger partial charge in [0.1, 0.15) is 11.5 Å². The summed E-state index contributed by atoms with van der Waals surface area (Å²) in [6.45, 7) is 7.88. The maximum atomic E-state index is 12.0. The van der Waals surface area contributed by atoms with Gasteiger partial charge in [-0.15, -0.1) is 0 Å². The van der Waals surface area contributed by atoms with Crippen LogP contribution in [0.25, 0.3) is 0 Å². The Kier molecular flexibility index (Phi) is 4.83. The number of hydrogen-bond acceptors (Lipinski definition) is 2. The second kappa shape index (κ2) is 5.70. The van der Waals surface area contributed by atoms with Crippen molar-refractivity contribution in [2.45, 2.75) is 33.7 Å². The predicted octanol–water partition coefficient (Wildman–Crippen LogP) is 3.09. The van der Waals surface area contributed by atoms with E-state index in [2.05, 4.69) is 41.8 Å². The predicted molar refractivity (Wildman–Crippen MR) is 73.2 cm³/mol. The quantitative estimate of drug-likeness (QED) is 0.679. The molecule has 0 aliphatic carbocycles. The molecule has 1 unspecified atom stereocenters. The molecule has 1 heterocycles. The van der Waals surface area contributed by atoms with E-state index in [-0.39, 0.29) is 11.9 Å². The van der Waals surface area contributed by atoms with Crippen LogP contribution in [0.3, 0.4) is 0 Å². The summed E-state index contributed by atoms with van der Waals surface area (Å²) in [5.41, 5.74) is 0.646. The van der Waals surface area contributed by atoms with Crippen molar-refractivity contribution in [1.82, 2.24) is 5.32 Å². The number of aryl methyl sites for hydroxylation is 2. The van der Waals surface area contributed by atoms with Crippen LogP contribution in [0.4, 0.5) is 0 Å². The van der Waals surface area contributed by atoms with Gasteiger partial charge in [0.25, 0.3) is 5.91 Å². The number of alkyl halides is 1. The van der Waals surface area contributed by atoms with E-state index in [9.17, 15) is 4.79 Å². The highest BCUT2D eigenvalue weighted by molar-refractivity contribution is 14.1. The van der Waals surface area contributed by atoms with E-state index >= 15 is 0 Å². The third-order valence-corrected chi connectivity index (χ3v) is 3.52. The summed E-state index contributed by atoms with van der Waals surface area (Å²) >= 11 is 2.29. The lowest BCUT2D eigenvalue weighted by Crippen LogP contribution is -2.39. The normalized spacial score (nSPS) is 12.9. The van der Waals surface area contributed by atoms with Crippen LogP contribution in [0.1, 0.15) is 35.7 Å². The molecule has 3 nitrogen and oxygen atoms in total. The Morgan fingerprint density at radius 1 is 1.50 bits per heavy atom. The van der Waals surface area contributed by atoms with Crippen LogP contribution in [0.5, 0.6) is 0 Å². The highest BCUT2D eigenvalue weighted by Gasteiger charge is 2.19. The first-order valence-electron chi connectivity index (χ1n) is 5.39. The molecule has 0 saturated carbocycles. The number of furan rings is 1. The van der Waals surface area contributed by atoms with Gasteiger partial charge in [-0.25, -0.2) is 0 Å².